The Bertz CT molecular complexity index is 1180. The maximum atomic E-state index is 12.5. The largest absolute Gasteiger partial charge is 0.463 e. The van der Waals surface area contributed by atoms with Crippen molar-refractivity contribution < 1.29 is 19.2 Å². The second-order valence-electron chi connectivity index (χ2n) is 7.30. The van der Waals surface area contributed by atoms with E-state index >= 15 is 0 Å². The van der Waals surface area contributed by atoms with E-state index < -0.39 is 40.2 Å². The van der Waals surface area contributed by atoms with Crippen LogP contribution < -0.4 is 16.6 Å². The highest BCUT2D eigenvalue weighted by Crippen LogP contribution is 2.27. The summed E-state index contributed by atoms with van der Waals surface area (Å²) < 4.78 is 7.20. The van der Waals surface area contributed by atoms with Crippen LogP contribution in [0.4, 0.5) is 5.69 Å². The van der Waals surface area contributed by atoms with Crippen molar-refractivity contribution in [2.24, 2.45) is 14.1 Å². The van der Waals surface area contributed by atoms with E-state index in [0.717, 1.165) is 10.6 Å². The molecule has 0 saturated carbocycles. The molecule has 0 fully saturated rings. The zero-order valence-corrected chi connectivity index (χ0v) is 18.1. The Morgan fingerprint density at radius 3 is 2.50 bits per heavy atom. The first-order valence-corrected chi connectivity index (χ1v) is 9.69. The Balaban J connectivity index is 2.34. The number of carbonyl (C=O) groups is 2. The molecule has 0 saturated heterocycles. The first kappa shape index (κ1) is 24.3. The molecular weight excluding hydrogens is 420 g/mol. The first-order chi connectivity index (χ1) is 15.0. The van der Waals surface area contributed by atoms with E-state index in [-0.39, 0.29) is 23.2 Å². The van der Waals surface area contributed by atoms with Crippen molar-refractivity contribution in [3.8, 4) is 0 Å². The minimum atomic E-state index is -1.04. The number of esters is 1. The molecule has 32 heavy (non-hydrogen) atoms. The van der Waals surface area contributed by atoms with Gasteiger partial charge in [-0.2, -0.15) is 0 Å². The Morgan fingerprint density at radius 1 is 1.22 bits per heavy atom. The molecule has 11 nitrogen and oxygen atoms in total. The topological polar surface area (TPSA) is 143 Å². The lowest BCUT2D eigenvalue weighted by molar-refractivity contribution is -0.385. The summed E-state index contributed by atoms with van der Waals surface area (Å²) in [4.78, 5) is 59.5. The van der Waals surface area contributed by atoms with Crippen LogP contribution in [-0.4, -0.2) is 32.0 Å². The van der Waals surface area contributed by atoms with E-state index in [0.29, 0.717) is 0 Å². The van der Waals surface area contributed by atoms with Crippen LogP contribution in [0.1, 0.15) is 37.4 Å². The van der Waals surface area contributed by atoms with Gasteiger partial charge in [-0.25, -0.2) is 4.79 Å². The Labute approximate surface area is 183 Å². The van der Waals surface area contributed by atoms with Gasteiger partial charge < -0.3 is 14.6 Å². The van der Waals surface area contributed by atoms with Crippen molar-refractivity contribution in [3.05, 3.63) is 78.6 Å². The highest BCUT2D eigenvalue weighted by Gasteiger charge is 2.26. The third-order valence-electron chi connectivity index (χ3n) is 4.45. The van der Waals surface area contributed by atoms with E-state index in [1.54, 1.807) is 19.9 Å². The van der Waals surface area contributed by atoms with Gasteiger partial charge in [-0.15, -0.1) is 0 Å². The van der Waals surface area contributed by atoms with Gasteiger partial charge in [-0.05, 0) is 19.9 Å². The van der Waals surface area contributed by atoms with Crippen molar-refractivity contribution in [1.29, 1.82) is 0 Å². The molecule has 170 valence electrons. The van der Waals surface area contributed by atoms with Gasteiger partial charge in [0.15, 0.2) is 0 Å². The van der Waals surface area contributed by atoms with Crippen molar-refractivity contribution in [2.75, 3.05) is 0 Å². The van der Waals surface area contributed by atoms with Crippen LogP contribution in [0.2, 0.25) is 0 Å². The summed E-state index contributed by atoms with van der Waals surface area (Å²) in [6.45, 7) is 3.32. The number of hydrogen-bond donors (Lipinski definition) is 1. The number of benzene rings is 1. The molecule has 0 aliphatic heterocycles. The van der Waals surface area contributed by atoms with E-state index in [1.165, 1.54) is 49.1 Å². The summed E-state index contributed by atoms with van der Waals surface area (Å²) in [6, 6.07) is 4.70. The third kappa shape index (κ3) is 6.00. The lowest BCUT2D eigenvalue weighted by Crippen LogP contribution is -2.37. The molecule has 0 aliphatic carbocycles. The predicted molar refractivity (Wildman–Crippen MR) is 116 cm³/mol. The maximum Gasteiger partial charge on any atom is 0.330 e. The Morgan fingerprint density at radius 2 is 1.88 bits per heavy atom. The Kier molecular flexibility index (Phi) is 7.83. The smallest absolute Gasteiger partial charge is 0.330 e. The van der Waals surface area contributed by atoms with Gasteiger partial charge in [0, 0.05) is 32.4 Å². The van der Waals surface area contributed by atoms with Crippen LogP contribution in [0, 0.1) is 10.1 Å². The summed E-state index contributed by atoms with van der Waals surface area (Å²) in [5.74, 6) is -1.33. The second kappa shape index (κ2) is 10.3. The van der Waals surface area contributed by atoms with Gasteiger partial charge in [0.05, 0.1) is 34.6 Å². The van der Waals surface area contributed by atoms with Crippen LogP contribution in [-0.2, 0) is 28.4 Å². The monoisotopic (exact) mass is 444 g/mol. The van der Waals surface area contributed by atoms with E-state index in [2.05, 4.69) is 5.32 Å². The van der Waals surface area contributed by atoms with Crippen molar-refractivity contribution in [1.82, 2.24) is 14.5 Å². The standard InChI is InChI=1S/C21H24N4O7/c1-13(2)32-19(27)11-16(15-7-5-6-8-17(15)25(30)31)22-18(26)10-9-14-12-23(3)21(29)24(4)20(14)28/h5-10,12-13,16H,11H2,1-4H3,(H,22,26)/b10-9+. The minimum absolute atomic E-state index is 0.0891. The molecule has 0 bridgehead atoms. The number of aromatic nitrogens is 2. The quantitative estimate of drug-likeness (QED) is 0.279. The van der Waals surface area contributed by atoms with E-state index in [4.69, 9.17) is 4.74 Å². The van der Waals surface area contributed by atoms with Gasteiger partial charge in [-0.1, -0.05) is 18.2 Å². The second-order valence-corrected chi connectivity index (χ2v) is 7.30. The molecule has 11 heteroatoms. The number of para-hydroxylation sites is 1. The fraction of sp³-hybridized carbons (Fsp3) is 0.333. The zero-order chi connectivity index (χ0) is 24.0. The van der Waals surface area contributed by atoms with E-state index in [1.807, 2.05) is 0 Å². The molecular formula is C21H24N4O7. The zero-order valence-electron chi connectivity index (χ0n) is 18.1. The lowest BCUT2D eigenvalue weighted by Gasteiger charge is -2.18. The molecule has 2 rings (SSSR count). The number of amides is 1. The number of nitrogens with zero attached hydrogens (tertiary/aromatic N) is 3. The third-order valence-corrected chi connectivity index (χ3v) is 4.45. The fourth-order valence-electron chi connectivity index (χ4n) is 3.00. The number of carbonyl (C=O) groups excluding carboxylic acids is 2. The Hall–Kier alpha value is -4.02. The molecule has 1 unspecified atom stereocenters. The van der Waals surface area contributed by atoms with Crippen LogP contribution >= 0.6 is 0 Å². The molecule has 2 aromatic rings. The number of ether oxygens (including phenoxy) is 1. The average Bonchev–Trinajstić information content (AvgIpc) is 2.72. The summed E-state index contributed by atoms with van der Waals surface area (Å²) in [5.41, 5.74) is -1.14. The highest BCUT2D eigenvalue weighted by atomic mass is 16.6. The molecule has 1 aromatic heterocycles. The number of rotatable bonds is 8. The number of aryl methyl sites for hydroxylation is 1. The molecule has 1 heterocycles. The van der Waals surface area contributed by atoms with Gasteiger partial charge in [-0.3, -0.25) is 29.1 Å². The van der Waals surface area contributed by atoms with Gasteiger partial charge in [0.25, 0.3) is 11.2 Å². The average molecular weight is 444 g/mol. The van der Waals surface area contributed by atoms with Crippen LogP contribution in [0.3, 0.4) is 0 Å². The maximum absolute atomic E-state index is 12.5. The van der Waals surface area contributed by atoms with Crippen molar-refractivity contribution >= 4 is 23.6 Å². The first-order valence-electron chi connectivity index (χ1n) is 9.69. The molecule has 0 spiro atoms. The number of hydrogen-bond acceptors (Lipinski definition) is 7. The lowest BCUT2D eigenvalue weighted by atomic mass is 10.0. The number of nitrogens with one attached hydrogen (secondary N) is 1. The molecule has 1 amide bonds. The van der Waals surface area contributed by atoms with Crippen molar-refractivity contribution in [2.45, 2.75) is 32.4 Å². The highest BCUT2D eigenvalue weighted by molar-refractivity contribution is 5.92. The van der Waals surface area contributed by atoms with Gasteiger partial charge in [0.1, 0.15) is 0 Å². The van der Waals surface area contributed by atoms with Crippen LogP contribution in [0.15, 0.2) is 46.1 Å². The van der Waals surface area contributed by atoms with Gasteiger partial charge in [0.2, 0.25) is 5.91 Å². The molecule has 1 N–H and O–H groups in total. The van der Waals surface area contributed by atoms with Gasteiger partial charge >= 0.3 is 11.7 Å². The van der Waals surface area contributed by atoms with Crippen LogP contribution in [0.25, 0.3) is 6.08 Å². The fourth-order valence-corrected chi connectivity index (χ4v) is 3.00. The molecule has 1 aromatic carbocycles. The molecule has 0 radical (unpaired) electrons. The number of nitro benzene ring substituents is 1. The summed E-state index contributed by atoms with van der Waals surface area (Å²) in [7, 11) is 2.77. The molecule has 1 atom stereocenters. The number of nitro groups is 1. The van der Waals surface area contributed by atoms with Crippen molar-refractivity contribution in [3.63, 3.8) is 0 Å². The van der Waals surface area contributed by atoms with E-state index in [9.17, 15) is 29.3 Å². The predicted octanol–water partition coefficient (Wildman–Crippen LogP) is 1.20. The summed E-state index contributed by atoms with van der Waals surface area (Å²) >= 11 is 0. The SMILES string of the molecule is CC(C)OC(=O)CC(NC(=O)/C=C/c1cn(C)c(=O)n(C)c1=O)c1ccccc1[N+](=O)[O-]. The molecule has 0 aliphatic rings. The van der Waals surface area contributed by atoms with Crippen LogP contribution in [0.5, 0.6) is 0 Å². The normalized spacial score (nSPS) is 12.0. The minimum Gasteiger partial charge on any atom is -0.463 e. The summed E-state index contributed by atoms with van der Waals surface area (Å²) in [6.07, 6.45) is 2.83. The summed E-state index contributed by atoms with van der Waals surface area (Å²) in [5, 5.41) is 14.0.